The van der Waals surface area contributed by atoms with Crippen LogP contribution >= 0.6 is 0 Å². The van der Waals surface area contributed by atoms with E-state index in [0.717, 1.165) is 6.29 Å². The maximum Gasteiger partial charge on any atom is 0.235 e. The van der Waals surface area contributed by atoms with Gasteiger partial charge in [0.25, 0.3) is 0 Å². The van der Waals surface area contributed by atoms with E-state index in [1.807, 2.05) is 0 Å². The topological polar surface area (TPSA) is 34.1 Å². The van der Waals surface area contributed by atoms with Crippen molar-refractivity contribution in [1.82, 2.24) is 0 Å². The molecule has 0 atom stereocenters. The molecule has 0 saturated carbocycles. The normalized spacial score (nSPS) is 8.38. The van der Waals surface area contributed by atoms with E-state index >= 15 is 0 Å². The average Bonchev–Trinajstić information content (AvgIpc) is 2.18. The molecule has 0 aromatic heterocycles. The molecule has 0 saturated heterocycles. The number of hydrogen-bond donors (Lipinski definition) is 0. The number of carbonyl (C=O) groups excluding carboxylic acids is 2. The fourth-order valence-electron chi connectivity index (χ4n) is 0.899. The van der Waals surface area contributed by atoms with Gasteiger partial charge in [-0.2, -0.15) is 0 Å². The highest BCUT2D eigenvalue weighted by Crippen LogP contribution is 2.02. The zero-order valence-corrected chi connectivity index (χ0v) is 7.20. The predicted octanol–water partition coefficient (Wildman–Crippen LogP) is 1.71. The van der Waals surface area contributed by atoms with Crippen molar-refractivity contribution in [2.24, 2.45) is 0 Å². The summed E-state index contributed by atoms with van der Waals surface area (Å²) >= 11 is 0. The minimum Gasteiger partial charge on any atom is -0.298 e. The van der Waals surface area contributed by atoms with E-state index in [4.69, 9.17) is 0 Å². The third-order valence-electron chi connectivity index (χ3n) is 1.55. The number of Topliss-reactive ketones (excluding diaryl/α,β-unsaturated/α-hetero) is 1. The number of benzene rings is 1. The molecule has 0 N–H and O–H groups in total. The molecule has 0 aliphatic heterocycles. The van der Waals surface area contributed by atoms with Crippen LogP contribution in [-0.2, 0) is 0 Å². The molecule has 0 unspecified atom stereocenters. The Kier molecular flexibility index (Phi) is 2.99. The van der Waals surface area contributed by atoms with Crippen LogP contribution in [0.5, 0.6) is 0 Å². The van der Waals surface area contributed by atoms with Gasteiger partial charge in [0, 0.05) is 11.1 Å². The van der Waals surface area contributed by atoms with E-state index in [2.05, 4.69) is 11.8 Å². The Hall–Kier alpha value is -1.88. The van der Waals surface area contributed by atoms with Crippen molar-refractivity contribution in [2.45, 2.75) is 6.92 Å². The number of hydrogen-bond acceptors (Lipinski definition) is 2. The summed E-state index contributed by atoms with van der Waals surface area (Å²) in [6, 6.07) is 6.38. The maximum atomic E-state index is 11.2. The van der Waals surface area contributed by atoms with Crippen LogP contribution in [0.15, 0.2) is 24.3 Å². The monoisotopic (exact) mass is 172 g/mol. The molecular weight excluding hydrogens is 164 g/mol. The van der Waals surface area contributed by atoms with Crippen LogP contribution < -0.4 is 0 Å². The summed E-state index contributed by atoms with van der Waals surface area (Å²) in [5, 5.41) is 0. The van der Waals surface area contributed by atoms with E-state index < -0.39 is 0 Å². The van der Waals surface area contributed by atoms with Gasteiger partial charge >= 0.3 is 0 Å². The minimum atomic E-state index is -0.222. The second-order valence-corrected chi connectivity index (χ2v) is 2.44. The lowest BCUT2D eigenvalue weighted by Crippen LogP contribution is -1.94. The van der Waals surface area contributed by atoms with Gasteiger partial charge in [0.15, 0.2) is 0 Å². The largest absolute Gasteiger partial charge is 0.298 e. The summed E-state index contributed by atoms with van der Waals surface area (Å²) < 4.78 is 0. The highest BCUT2D eigenvalue weighted by atomic mass is 16.1. The highest BCUT2D eigenvalue weighted by molar-refractivity contribution is 6.09. The highest BCUT2D eigenvalue weighted by Gasteiger charge is 2.00. The van der Waals surface area contributed by atoms with Crippen LogP contribution in [0.3, 0.4) is 0 Å². The molecule has 0 fully saturated rings. The number of aldehydes is 1. The van der Waals surface area contributed by atoms with Gasteiger partial charge in [0.1, 0.15) is 6.29 Å². The molecule has 1 aromatic rings. The first kappa shape index (κ1) is 9.21. The van der Waals surface area contributed by atoms with Crippen LogP contribution in [-0.4, -0.2) is 12.1 Å². The SMILES string of the molecule is CC#CC(=O)c1ccc(C=O)cc1. The standard InChI is InChI=1S/C11H8O2/c1-2-3-11(13)10-6-4-9(8-12)5-7-10/h4-8H,1H3. The Bertz CT molecular complexity index is 377. The summed E-state index contributed by atoms with van der Waals surface area (Å²) in [4.78, 5) is 21.5. The fourth-order valence-corrected chi connectivity index (χ4v) is 0.899. The number of rotatable bonds is 2. The predicted molar refractivity (Wildman–Crippen MR) is 49.6 cm³/mol. The summed E-state index contributed by atoms with van der Waals surface area (Å²) in [6.45, 7) is 1.61. The summed E-state index contributed by atoms with van der Waals surface area (Å²) in [6.07, 6.45) is 0.736. The molecule has 0 heterocycles. The van der Waals surface area contributed by atoms with E-state index in [-0.39, 0.29) is 5.78 Å². The van der Waals surface area contributed by atoms with Crippen LogP contribution in [0.1, 0.15) is 27.6 Å². The second-order valence-electron chi connectivity index (χ2n) is 2.44. The second kappa shape index (κ2) is 4.22. The Balaban J connectivity index is 2.96. The molecule has 0 aliphatic carbocycles. The summed E-state index contributed by atoms with van der Waals surface area (Å²) in [5.74, 6) is 4.73. The molecule has 13 heavy (non-hydrogen) atoms. The molecule has 64 valence electrons. The Labute approximate surface area is 76.6 Å². The molecule has 1 rings (SSSR count). The number of carbonyl (C=O) groups is 2. The van der Waals surface area contributed by atoms with Crippen molar-refractivity contribution in [3.05, 3.63) is 35.4 Å². The van der Waals surface area contributed by atoms with Gasteiger partial charge in [-0.3, -0.25) is 9.59 Å². The molecular formula is C11H8O2. The third kappa shape index (κ3) is 2.28. The van der Waals surface area contributed by atoms with Gasteiger partial charge in [0.2, 0.25) is 5.78 Å². The first-order valence-corrected chi connectivity index (χ1v) is 3.80. The zero-order chi connectivity index (χ0) is 9.68. The molecule has 0 radical (unpaired) electrons. The maximum absolute atomic E-state index is 11.2. The Morgan fingerprint density at radius 3 is 2.38 bits per heavy atom. The first-order valence-electron chi connectivity index (χ1n) is 3.80. The van der Waals surface area contributed by atoms with Crippen molar-refractivity contribution in [3.63, 3.8) is 0 Å². The lowest BCUT2D eigenvalue weighted by atomic mass is 10.1. The summed E-state index contributed by atoms with van der Waals surface area (Å²) in [5.41, 5.74) is 1.07. The van der Waals surface area contributed by atoms with Gasteiger partial charge in [-0.05, 0) is 25.0 Å². The van der Waals surface area contributed by atoms with E-state index in [9.17, 15) is 9.59 Å². The van der Waals surface area contributed by atoms with Gasteiger partial charge in [-0.15, -0.1) is 0 Å². The Morgan fingerprint density at radius 2 is 1.92 bits per heavy atom. The van der Waals surface area contributed by atoms with E-state index in [1.54, 1.807) is 31.2 Å². The van der Waals surface area contributed by atoms with Gasteiger partial charge < -0.3 is 0 Å². The average molecular weight is 172 g/mol. The molecule has 0 bridgehead atoms. The molecule has 0 spiro atoms. The molecule has 0 amide bonds. The fraction of sp³-hybridized carbons (Fsp3) is 0.0909. The van der Waals surface area contributed by atoms with Crippen molar-refractivity contribution in [3.8, 4) is 11.8 Å². The smallest absolute Gasteiger partial charge is 0.235 e. The van der Waals surface area contributed by atoms with Crippen molar-refractivity contribution in [2.75, 3.05) is 0 Å². The van der Waals surface area contributed by atoms with Gasteiger partial charge in [-0.25, -0.2) is 0 Å². The van der Waals surface area contributed by atoms with Crippen molar-refractivity contribution in [1.29, 1.82) is 0 Å². The molecule has 2 nitrogen and oxygen atoms in total. The van der Waals surface area contributed by atoms with Crippen LogP contribution in [0, 0.1) is 11.8 Å². The molecule has 2 heteroatoms. The quantitative estimate of drug-likeness (QED) is 0.294. The van der Waals surface area contributed by atoms with Crippen LogP contribution in [0.2, 0.25) is 0 Å². The Morgan fingerprint density at radius 1 is 1.31 bits per heavy atom. The first-order chi connectivity index (χ1) is 6.27. The zero-order valence-electron chi connectivity index (χ0n) is 7.20. The van der Waals surface area contributed by atoms with Crippen molar-refractivity contribution >= 4 is 12.1 Å². The van der Waals surface area contributed by atoms with Gasteiger partial charge in [0.05, 0.1) is 0 Å². The third-order valence-corrected chi connectivity index (χ3v) is 1.55. The van der Waals surface area contributed by atoms with Crippen molar-refractivity contribution < 1.29 is 9.59 Å². The van der Waals surface area contributed by atoms with Gasteiger partial charge in [-0.1, -0.05) is 18.1 Å². The van der Waals surface area contributed by atoms with E-state index in [1.165, 1.54) is 0 Å². The molecule has 0 aliphatic rings. The lowest BCUT2D eigenvalue weighted by Gasteiger charge is -1.93. The lowest BCUT2D eigenvalue weighted by molar-refractivity contribution is 0.105. The number of ketones is 1. The van der Waals surface area contributed by atoms with Crippen LogP contribution in [0.25, 0.3) is 0 Å². The minimum absolute atomic E-state index is 0.222. The molecule has 1 aromatic carbocycles. The van der Waals surface area contributed by atoms with Crippen LogP contribution in [0.4, 0.5) is 0 Å². The van der Waals surface area contributed by atoms with E-state index in [0.29, 0.717) is 11.1 Å². The summed E-state index contributed by atoms with van der Waals surface area (Å²) in [7, 11) is 0.